The molecule has 200 valence electrons. The van der Waals surface area contributed by atoms with Crippen LogP contribution >= 0.6 is 0 Å². The fourth-order valence-electron chi connectivity index (χ4n) is 6.28. The molecule has 4 amide bonds. The Morgan fingerprint density at radius 2 is 1.95 bits per heavy atom. The van der Waals surface area contributed by atoms with Crippen LogP contribution in [0.4, 0.5) is 5.69 Å². The molecule has 0 saturated carbocycles. The third kappa shape index (κ3) is 5.23. The minimum Gasteiger partial charge on any atom is -0.375 e. The van der Waals surface area contributed by atoms with E-state index in [2.05, 4.69) is 10.2 Å². The van der Waals surface area contributed by atoms with Crippen LogP contribution in [0.1, 0.15) is 79.5 Å². The Morgan fingerprint density at radius 1 is 1.11 bits per heavy atom. The van der Waals surface area contributed by atoms with Crippen molar-refractivity contribution < 1.29 is 23.9 Å². The van der Waals surface area contributed by atoms with Crippen molar-refractivity contribution >= 4 is 29.3 Å². The predicted molar refractivity (Wildman–Crippen MR) is 138 cm³/mol. The molecule has 3 fully saturated rings. The molecule has 4 heterocycles. The first-order valence-electron chi connectivity index (χ1n) is 13.7. The van der Waals surface area contributed by atoms with Crippen molar-refractivity contribution in [2.45, 2.75) is 70.4 Å². The number of hydrogen-bond donors (Lipinski definition) is 1. The van der Waals surface area contributed by atoms with Gasteiger partial charge in [-0.1, -0.05) is 6.07 Å². The highest BCUT2D eigenvalue weighted by atomic mass is 16.5. The molecule has 9 nitrogen and oxygen atoms in total. The lowest BCUT2D eigenvalue weighted by atomic mass is 9.93. The van der Waals surface area contributed by atoms with E-state index in [1.165, 1.54) is 4.90 Å². The average molecular weight is 511 g/mol. The number of benzene rings is 1. The molecular weight excluding hydrogens is 472 g/mol. The normalized spacial score (nSPS) is 25.6. The third-order valence-corrected chi connectivity index (χ3v) is 8.17. The maximum Gasteiger partial charge on any atom is 0.263 e. The summed E-state index contributed by atoms with van der Waals surface area (Å²) in [5.41, 5.74) is 1.29. The second-order valence-electron chi connectivity index (χ2n) is 11.3. The van der Waals surface area contributed by atoms with Crippen LogP contribution in [-0.2, 0) is 14.3 Å². The van der Waals surface area contributed by atoms with Crippen LogP contribution in [0.5, 0.6) is 0 Å². The largest absolute Gasteiger partial charge is 0.375 e. The summed E-state index contributed by atoms with van der Waals surface area (Å²) in [6.45, 7) is 7.81. The fourth-order valence-corrected chi connectivity index (χ4v) is 6.28. The molecule has 4 aliphatic heterocycles. The van der Waals surface area contributed by atoms with Crippen LogP contribution in [0.25, 0.3) is 0 Å². The molecule has 2 atom stereocenters. The number of anilines is 1. The molecular formula is C28H38N4O5. The van der Waals surface area contributed by atoms with Gasteiger partial charge in [-0.25, -0.2) is 0 Å². The number of piperidine rings is 1. The van der Waals surface area contributed by atoms with Gasteiger partial charge in [-0.2, -0.15) is 0 Å². The maximum atomic E-state index is 13.6. The Morgan fingerprint density at radius 3 is 2.70 bits per heavy atom. The molecule has 0 aliphatic carbocycles. The third-order valence-electron chi connectivity index (χ3n) is 8.17. The summed E-state index contributed by atoms with van der Waals surface area (Å²) in [6, 6.07) is 5.29. The lowest BCUT2D eigenvalue weighted by Gasteiger charge is -2.39. The smallest absolute Gasteiger partial charge is 0.263 e. The second-order valence-corrected chi connectivity index (χ2v) is 11.3. The van der Waals surface area contributed by atoms with Gasteiger partial charge in [-0.3, -0.25) is 24.1 Å². The van der Waals surface area contributed by atoms with Crippen molar-refractivity contribution in [1.29, 1.82) is 0 Å². The molecule has 9 heteroatoms. The van der Waals surface area contributed by atoms with E-state index in [0.717, 1.165) is 44.5 Å². The summed E-state index contributed by atoms with van der Waals surface area (Å²) in [7, 11) is 0. The van der Waals surface area contributed by atoms with Crippen molar-refractivity contribution in [3.05, 3.63) is 29.3 Å². The quantitative estimate of drug-likeness (QED) is 0.447. The molecule has 0 aromatic heterocycles. The number of nitrogens with zero attached hydrogens (tertiary/aromatic N) is 3. The highest BCUT2D eigenvalue weighted by molar-refractivity contribution is 6.24. The zero-order valence-electron chi connectivity index (χ0n) is 22.0. The average Bonchev–Trinajstić information content (AvgIpc) is 3.40. The predicted octanol–water partition coefficient (Wildman–Crippen LogP) is 2.59. The first kappa shape index (κ1) is 25.7. The first-order chi connectivity index (χ1) is 17.7. The second kappa shape index (κ2) is 10.4. The van der Waals surface area contributed by atoms with Gasteiger partial charge in [0.25, 0.3) is 11.8 Å². The zero-order valence-corrected chi connectivity index (χ0v) is 22.0. The van der Waals surface area contributed by atoms with Crippen LogP contribution in [0.15, 0.2) is 18.2 Å². The van der Waals surface area contributed by atoms with E-state index in [-0.39, 0.29) is 41.2 Å². The van der Waals surface area contributed by atoms with Crippen LogP contribution in [0.3, 0.4) is 0 Å². The highest BCUT2D eigenvalue weighted by Crippen LogP contribution is 2.38. The molecule has 5 rings (SSSR count). The summed E-state index contributed by atoms with van der Waals surface area (Å²) in [4.78, 5) is 57.1. The SMILES string of the molecule is CC1(C)C[C@@H](N2C(=O)c3cccc(N4CCC[C@@H](C(=O)NCCCN5CCCC5=O)C4)c3C2=O)CCO1. The van der Waals surface area contributed by atoms with Crippen LogP contribution in [0.2, 0.25) is 0 Å². The highest BCUT2D eigenvalue weighted by Gasteiger charge is 2.45. The van der Waals surface area contributed by atoms with Crippen LogP contribution in [-0.4, -0.2) is 84.4 Å². The van der Waals surface area contributed by atoms with Gasteiger partial charge in [0.15, 0.2) is 0 Å². The Bertz CT molecular complexity index is 1090. The maximum absolute atomic E-state index is 13.6. The van der Waals surface area contributed by atoms with E-state index in [1.54, 1.807) is 6.07 Å². The molecule has 4 aliphatic rings. The van der Waals surface area contributed by atoms with Gasteiger partial charge < -0.3 is 19.9 Å². The van der Waals surface area contributed by atoms with Gasteiger partial charge in [0.2, 0.25) is 11.8 Å². The molecule has 1 aromatic carbocycles. The molecule has 37 heavy (non-hydrogen) atoms. The minimum atomic E-state index is -0.376. The van der Waals surface area contributed by atoms with Gasteiger partial charge in [-0.15, -0.1) is 0 Å². The van der Waals surface area contributed by atoms with Crippen molar-refractivity contribution in [1.82, 2.24) is 15.1 Å². The van der Waals surface area contributed by atoms with E-state index in [9.17, 15) is 19.2 Å². The number of amides is 4. The monoisotopic (exact) mass is 510 g/mol. The lowest BCUT2D eigenvalue weighted by molar-refractivity contribution is -0.127. The van der Waals surface area contributed by atoms with E-state index >= 15 is 0 Å². The molecule has 0 bridgehead atoms. The number of nitrogens with one attached hydrogen (secondary N) is 1. The van der Waals surface area contributed by atoms with E-state index in [0.29, 0.717) is 56.6 Å². The Kier molecular flexibility index (Phi) is 7.25. The van der Waals surface area contributed by atoms with Gasteiger partial charge in [0, 0.05) is 51.8 Å². The first-order valence-corrected chi connectivity index (χ1v) is 13.7. The van der Waals surface area contributed by atoms with Gasteiger partial charge in [-0.05, 0) is 64.5 Å². The lowest BCUT2D eigenvalue weighted by Crippen LogP contribution is -2.48. The topological polar surface area (TPSA) is 99.3 Å². The fraction of sp³-hybridized carbons (Fsp3) is 0.643. The van der Waals surface area contributed by atoms with Crippen molar-refractivity contribution in [3.8, 4) is 0 Å². The summed E-state index contributed by atoms with van der Waals surface area (Å²) < 4.78 is 5.81. The summed E-state index contributed by atoms with van der Waals surface area (Å²) >= 11 is 0. The number of fused-ring (bicyclic) bond motifs is 1. The Labute approximate surface area is 218 Å². The van der Waals surface area contributed by atoms with E-state index in [1.807, 2.05) is 30.9 Å². The van der Waals surface area contributed by atoms with E-state index < -0.39 is 0 Å². The number of likely N-dealkylation sites (tertiary alicyclic amines) is 1. The Balaban J connectivity index is 1.23. The number of ether oxygens (including phenoxy) is 1. The summed E-state index contributed by atoms with van der Waals surface area (Å²) in [5.74, 6) is -0.429. The molecule has 1 aromatic rings. The van der Waals surface area contributed by atoms with Crippen molar-refractivity contribution in [2.75, 3.05) is 44.2 Å². The number of imide groups is 1. The summed E-state index contributed by atoms with van der Waals surface area (Å²) in [5, 5.41) is 3.04. The molecule has 0 spiro atoms. The Hall–Kier alpha value is -2.94. The van der Waals surface area contributed by atoms with Crippen LogP contribution in [0, 0.1) is 5.92 Å². The van der Waals surface area contributed by atoms with E-state index in [4.69, 9.17) is 4.74 Å². The molecule has 3 saturated heterocycles. The molecule has 0 unspecified atom stereocenters. The number of carbonyl (C=O) groups excluding carboxylic acids is 4. The molecule has 1 N–H and O–H groups in total. The summed E-state index contributed by atoms with van der Waals surface area (Å²) in [6.07, 6.45) is 5.18. The van der Waals surface area contributed by atoms with Crippen LogP contribution < -0.4 is 10.2 Å². The number of hydrogen-bond acceptors (Lipinski definition) is 6. The van der Waals surface area contributed by atoms with Gasteiger partial charge in [0.1, 0.15) is 0 Å². The van der Waals surface area contributed by atoms with Crippen molar-refractivity contribution in [3.63, 3.8) is 0 Å². The number of rotatable bonds is 7. The standard InChI is InChI=1S/C28H38N4O5/c1-28(2)17-20(11-16-37-28)32-26(35)21-8-3-9-22(24(21)27(32)36)31-14-4-7-19(18-31)25(34)29-12-6-15-30-13-5-10-23(30)33/h3,8-9,19-20H,4-7,10-18H2,1-2H3,(H,29,34)/t19-,20+/m1/s1. The minimum absolute atomic E-state index is 0.0125. The van der Waals surface area contributed by atoms with Gasteiger partial charge in [0.05, 0.1) is 28.3 Å². The van der Waals surface area contributed by atoms with Gasteiger partial charge >= 0.3 is 0 Å². The van der Waals surface area contributed by atoms with Crippen molar-refractivity contribution in [2.24, 2.45) is 5.92 Å². The zero-order chi connectivity index (χ0) is 26.2. The number of carbonyl (C=O) groups is 4. The molecule has 0 radical (unpaired) electrons.